The summed E-state index contributed by atoms with van der Waals surface area (Å²) in [4.78, 5) is 2.44. The first-order valence-electron chi connectivity index (χ1n) is 8.17. The van der Waals surface area contributed by atoms with Gasteiger partial charge < -0.3 is 10.2 Å². The molecule has 2 nitrogen and oxygen atoms in total. The summed E-state index contributed by atoms with van der Waals surface area (Å²) in [5.41, 5.74) is 3.50. The zero-order valence-electron chi connectivity index (χ0n) is 13.0. The van der Waals surface area contributed by atoms with Gasteiger partial charge in [-0.2, -0.15) is 0 Å². The highest BCUT2D eigenvalue weighted by Crippen LogP contribution is 2.41. The highest BCUT2D eigenvalue weighted by atomic mass is 15.2. The molecule has 0 atom stereocenters. The number of rotatable bonds is 6. The van der Waals surface area contributed by atoms with Crippen molar-refractivity contribution in [3.05, 3.63) is 35.4 Å². The third kappa shape index (κ3) is 2.91. The van der Waals surface area contributed by atoms with E-state index in [4.69, 9.17) is 0 Å². The molecular weight excluding hydrogens is 244 g/mol. The van der Waals surface area contributed by atoms with Crippen molar-refractivity contribution in [1.82, 2.24) is 10.2 Å². The second-order valence-corrected chi connectivity index (χ2v) is 6.90. The molecule has 2 saturated carbocycles. The van der Waals surface area contributed by atoms with E-state index < -0.39 is 0 Å². The molecule has 2 heteroatoms. The molecule has 2 aliphatic rings. The topological polar surface area (TPSA) is 15.3 Å². The lowest BCUT2D eigenvalue weighted by Crippen LogP contribution is -2.49. The molecule has 0 amide bonds. The lowest BCUT2D eigenvalue weighted by atomic mass is 9.95. The summed E-state index contributed by atoms with van der Waals surface area (Å²) in [6.45, 7) is 2.15. The van der Waals surface area contributed by atoms with Crippen LogP contribution in [0.25, 0.3) is 0 Å². The van der Waals surface area contributed by atoms with E-state index in [2.05, 4.69) is 48.6 Å². The molecule has 0 aromatic heterocycles. The molecule has 1 aromatic carbocycles. The molecule has 1 N–H and O–H groups in total. The van der Waals surface area contributed by atoms with Crippen LogP contribution >= 0.6 is 0 Å². The first kappa shape index (κ1) is 14.1. The maximum atomic E-state index is 3.75. The summed E-state index contributed by atoms with van der Waals surface area (Å²) in [7, 11) is 4.48. The van der Waals surface area contributed by atoms with Gasteiger partial charge in [0.25, 0.3) is 0 Å². The number of nitrogens with zero attached hydrogens (tertiary/aromatic N) is 1. The second-order valence-electron chi connectivity index (χ2n) is 6.90. The third-order valence-corrected chi connectivity index (χ3v) is 5.32. The van der Waals surface area contributed by atoms with Crippen LogP contribution in [0.2, 0.25) is 0 Å². The van der Waals surface area contributed by atoms with Gasteiger partial charge in [-0.25, -0.2) is 0 Å². The molecular formula is C18H28N2. The molecule has 0 spiro atoms. The lowest BCUT2D eigenvalue weighted by molar-refractivity contribution is 0.153. The average molecular weight is 272 g/mol. The Bertz CT molecular complexity index is 442. The quantitative estimate of drug-likeness (QED) is 0.852. The summed E-state index contributed by atoms with van der Waals surface area (Å²) in [5, 5.41) is 3.75. The van der Waals surface area contributed by atoms with Crippen LogP contribution < -0.4 is 5.32 Å². The lowest BCUT2D eigenvalue weighted by Gasteiger charge is -2.36. The SMILES string of the molecule is CN(C)C1(CNCc2ccccc2C2CC2)CCCC1. The Kier molecular flexibility index (Phi) is 4.13. The molecule has 2 fully saturated rings. The van der Waals surface area contributed by atoms with Gasteiger partial charge in [-0.1, -0.05) is 37.1 Å². The monoisotopic (exact) mass is 272 g/mol. The van der Waals surface area contributed by atoms with Crippen LogP contribution in [0.5, 0.6) is 0 Å². The maximum Gasteiger partial charge on any atom is 0.0328 e. The third-order valence-electron chi connectivity index (χ3n) is 5.32. The molecule has 20 heavy (non-hydrogen) atoms. The van der Waals surface area contributed by atoms with Gasteiger partial charge in [0.05, 0.1) is 0 Å². The minimum absolute atomic E-state index is 0.397. The highest BCUT2D eigenvalue weighted by molar-refractivity contribution is 5.33. The normalized spacial score (nSPS) is 21.6. The minimum Gasteiger partial charge on any atom is -0.311 e. The van der Waals surface area contributed by atoms with Crippen LogP contribution in [0.4, 0.5) is 0 Å². The number of hydrogen-bond acceptors (Lipinski definition) is 2. The van der Waals surface area contributed by atoms with Gasteiger partial charge in [0.1, 0.15) is 0 Å². The Labute approximate surface area is 123 Å². The van der Waals surface area contributed by atoms with Crippen LogP contribution in [0.3, 0.4) is 0 Å². The van der Waals surface area contributed by atoms with Crippen molar-refractivity contribution >= 4 is 0 Å². The van der Waals surface area contributed by atoms with Crippen molar-refractivity contribution in [3.63, 3.8) is 0 Å². The van der Waals surface area contributed by atoms with Gasteiger partial charge >= 0.3 is 0 Å². The fourth-order valence-electron chi connectivity index (χ4n) is 3.73. The molecule has 110 valence electrons. The van der Waals surface area contributed by atoms with Crippen LogP contribution in [0.15, 0.2) is 24.3 Å². The predicted octanol–water partition coefficient (Wildman–Crippen LogP) is 3.53. The second kappa shape index (κ2) is 5.87. The Balaban J connectivity index is 1.59. The zero-order valence-corrected chi connectivity index (χ0v) is 13.0. The summed E-state index contributed by atoms with van der Waals surface area (Å²) in [6.07, 6.45) is 8.24. The molecule has 0 radical (unpaired) electrons. The molecule has 0 unspecified atom stereocenters. The molecule has 0 saturated heterocycles. The molecule has 0 heterocycles. The minimum atomic E-state index is 0.397. The number of benzene rings is 1. The largest absolute Gasteiger partial charge is 0.311 e. The first-order chi connectivity index (χ1) is 9.71. The fraction of sp³-hybridized carbons (Fsp3) is 0.667. The first-order valence-corrected chi connectivity index (χ1v) is 8.17. The van der Waals surface area contributed by atoms with E-state index >= 15 is 0 Å². The standard InChI is InChI=1S/C18H28N2/c1-20(2)18(11-5-6-12-18)14-19-13-16-7-3-4-8-17(16)15-9-10-15/h3-4,7-8,15,19H,5-6,9-14H2,1-2H3. The molecule has 0 bridgehead atoms. The number of likely N-dealkylation sites (N-methyl/N-ethyl adjacent to an activating group) is 1. The van der Waals surface area contributed by atoms with Crippen molar-refractivity contribution in [2.75, 3.05) is 20.6 Å². The number of nitrogens with one attached hydrogen (secondary N) is 1. The van der Waals surface area contributed by atoms with Crippen molar-refractivity contribution < 1.29 is 0 Å². The van der Waals surface area contributed by atoms with Gasteiger partial charge in [-0.15, -0.1) is 0 Å². The van der Waals surface area contributed by atoms with Crippen molar-refractivity contribution in [2.24, 2.45) is 0 Å². The van der Waals surface area contributed by atoms with E-state index in [1.807, 2.05) is 0 Å². The van der Waals surface area contributed by atoms with Gasteiger partial charge in [0.15, 0.2) is 0 Å². The van der Waals surface area contributed by atoms with E-state index in [-0.39, 0.29) is 0 Å². The van der Waals surface area contributed by atoms with E-state index in [0.717, 1.165) is 19.0 Å². The van der Waals surface area contributed by atoms with E-state index in [1.165, 1.54) is 44.1 Å². The molecule has 2 aliphatic carbocycles. The van der Waals surface area contributed by atoms with Crippen LogP contribution in [0.1, 0.15) is 55.6 Å². The Morgan fingerprint density at radius 3 is 2.50 bits per heavy atom. The smallest absolute Gasteiger partial charge is 0.0328 e. The van der Waals surface area contributed by atoms with Crippen molar-refractivity contribution in [1.29, 1.82) is 0 Å². The highest BCUT2D eigenvalue weighted by Gasteiger charge is 2.35. The van der Waals surface area contributed by atoms with Crippen LogP contribution in [0, 0.1) is 0 Å². The Hall–Kier alpha value is -0.860. The van der Waals surface area contributed by atoms with Gasteiger partial charge in [0, 0.05) is 18.6 Å². The summed E-state index contributed by atoms with van der Waals surface area (Å²) < 4.78 is 0. The Morgan fingerprint density at radius 1 is 1.15 bits per heavy atom. The van der Waals surface area contributed by atoms with Crippen LogP contribution in [-0.4, -0.2) is 31.1 Å². The Morgan fingerprint density at radius 2 is 1.85 bits per heavy atom. The summed E-state index contributed by atoms with van der Waals surface area (Å²) in [5.74, 6) is 0.849. The predicted molar refractivity (Wildman–Crippen MR) is 85.0 cm³/mol. The molecule has 3 rings (SSSR count). The average Bonchev–Trinajstić information content (AvgIpc) is 3.18. The fourth-order valence-corrected chi connectivity index (χ4v) is 3.73. The van der Waals surface area contributed by atoms with E-state index in [0.29, 0.717) is 5.54 Å². The summed E-state index contributed by atoms with van der Waals surface area (Å²) in [6, 6.07) is 9.00. The zero-order chi connectivity index (χ0) is 14.0. The van der Waals surface area contributed by atoms with Gasteiger partial charge in [-0.05, 0) is 56.8 Å². The van der Waals surface area contributed by atoms with Gasteiger partial charge in [0.2, 0.25) is 0 Å². The van der Waals surface area contributed by atoms with E-state index in [9.17, 15) is 0 Å². The maximum absolute atomic E-state index is 3.75. The van der Waals surface area contributed by atoms with Gasteiger partial charge in [-0.3, -0.25) is 0 Å². The summed E-state index contributed by atoms with van der Waals surface area (Å²) >= 11 is 0. The molecule has 0 aliphatic heterocycles. The number of hydrogen-bond donors (Lipinski definition) is 1. The van der Waals surface area contributed by atoms with Crippen molar-refractivity contribution in [3.8, 4) is 0 Å². The van der Waals surface area contributed by atoms with Crippen LogP contribution in [-0.2, 0) is 6.54 Å². The molecule has 1 aromatic rings. The van der Waals surface area contributed by atoms with E-state index in [1.54, 1.807) is 5.56 Å². The van der Waals surface area contributed by atoms with Crippen molar-refractivity contribution in [2.45, 2.75) is 56.5 Å².